The zero-order chi connectivity index (χ0) is 16.3. The monoisotopic (exact) mass is 389 g/mol. The number of thiazole rings is 1. The van der Waals surface area contributed by atoms with E-state index < -0.39 is 23.4 Å². The highest BCUT2D eigenvalue weighted by Gasteiger charge is 2.21. The van der Waals surface area contributed by atoms with Gasteiger partial charge in [0.25, 0.3) is 0 Å². The Kier molecular flexibility index (Phi) is 5.19. The topological polar surface area (TPSA) is 62.3 Å². The molecular weight excluding hydrogens is 380 g/mol. The van der Waals surface area contributed by atoms with Crippen LogP contribution >= 0.6 is 27.3 Å². The van der Waals surface area contributed by atoms with E-state index in [2.05, 4.69) is 26.2 Å². The predicted octanol–water partition coefficient (Wildman–Crippen LogP) is 2.78. The van der Waals surface area contributed by atoms with Gasteiger partial charge < -0.3 is 10.2 Å². The van der Waals surface area contributed by atoms with Gasteiger partial charge in [-0.05, 0) is 22.0 Å². The molecule has 0 fully saturated rings. The number of hydrogen-bond donors (Lipinski definition) is 1. The number of amides is 2. The quantitative estimate of drug-likeness (QED) is 0.648. The standard InChI is InChI=1S/C13H10BrF2N3O2S/c1-19(4-8-5-22-6-17-8)13(21)12(20)18-10-3-7(15)2-9(16)11(10)14/h2-3,5-6H,4H2,1H3,(H,18,20). The zero-order valence-electron chi connectivity index (χ0n) is 11.3. The summed E-state index contributed by atoms with van der Waals surface area (Å²) in [5.74, 6) is -3.58. The van der Waals surface area contributed by atoms with Gasteiger partial charge in [-0.15, -0.1) is 11.3 Å². The summed E-state index contributed by atoms with van der Waals surface area (Å²) in [6.45, 7) is 0.161. The minimum absolute atomic E-state index is 0.128. The molecule has 2 rings (SSSR count). The number of carbonyl (C=O) groups excluding carboxylic acids is 2. The maximum absolute atomic E-state index is 13.4. The molecule has 2 amide bonds. The second-order valence-corrected chi connectivity index (χ2v) is 5.86. The fourth-order valence-electron chi connectivity index (χ4n) is 1.63. The molecular formula is C13H10BrF2N3O2S. The Balaban J connectivity index is 2.07. The maximum atomic E-state index is 13.4. The van der Waals surface area contributed by atoms with E-state index in [1.54, 1.807) is 10.9 Å². The number of likely N-dealkylation sites (N-methyl/N-ethyl adjacent to an activating group) is 1. The molecule has 0 spiro atoms. The van der Waals surface area contributed by atoms with Crippen molar-refractivity contribution in [1.29, 1.82) is 0 Å². The van der Waals surface area contributed by atoms with E-state index in [9.17, 15) is 18.4 Å². The lowest BCUT2D eigenvalue weighted by atomic mass is 10.3. The number of rotatable bonds is 3. The lowest BCUT2D eigenvalue weighted by Crippen LogP contribution is -2.36. The van der Waals surface area contributed by atoms with Crippen molar-refractivity contribution in [3.8, 4) is 0 Å². The second-order valence-electron chi connectivity index (χ2n) is 4.34. The molecule has 1 aromatic heterocycles. The van der Waals surface area contributed by atoms with E-state index in [1.807, 2.05) is 0 Å². The number of aromatic nitrogens is 1. The van der Waals surface area contributed by atoms with Crippen molar-refractivity contribution in [2.45, 2.75) is 6.54 Å². The summed E-state index contributed by atoms with van der Waals surface area (Å²) in [6, 6.07) is 1.58. The van der Waals surface area contributed by atoms with E-state index in [0.29, 0.717) is 11.8 Å². The lowest BCUT2D eigenvalue weighted by Gasteiger charge is -2.15. The Morgan fingerprint density at radius 3 is 2.77 bits per heavy atom. The molecule has 116 valence electrons. The van der Waals surface area contributed by atoms with Gasteiger partial charge in [-0.2, -0.15) is 0 Å². The van der Waals surface area contributed by atoms with Crippen LogP contribution in [0.15, 0.2) is 27.5 Å². The van der Waals surface area contributed by atoms with Gasteiger partial charge in [0.2, 0.25) is 0 Å². The van der Waals surface area contributed by atoms with Gasteiger partial charge >= 0.3 is 11.8 Å². The van der Waals surface area contributed by atoms with Crippen molar-refractivity contribution in [3.05, 3.63) is 44.8 Å². The highest BCUT2D eigenvalue weighted by atomic mass is 79.9. The predicted molar refractivity (Wildman–Crippen MR) is 81.3 cm³/mol. The molecule has 0 radical (unpaired) electrons. The molecule has 0 aliphatic carbocycles. The number of benzene rings is 1. The molecule has 0 saturated carbocycles. The normalized spacial score (nSPS) is 10.4. The van der Waals surface area contributed by atoms with Crippen molar-refractivity contribution in [2.75, 3.05) is 12.4 Å². The minimum atomic E-state index is -0.997. The largest absolute Gasteiger partial charge is 0.332 e. The molecule has 1 N–H and O–H groups in total. The summed E-state index contributed by atoms with van der Waals surface area (Å²) < 4.78 is 26.4. The van der Waals surface area contributed by atoms with Crippen molar-refractivity contribution in [2.24, 2.45) is 0 Å². The summed E-state index contributed by atoms with van der Waals surface area (Å²) >= 11 is 4.26. The van der Waals surface area contributed by atoms with Crippen LogP contribution in [-0.4, -0.2) is 28.7 Å². The Morgan fingerprint density at radius 1 is 1.41 bits per heavy atom. The van der Waals surface area contributed by atoms with Gasteiger partial charge in [0.05, 0.1) is 27.9 Å². The second kappa shape index (κ2) is 6.93. The van der Waals surface area contributed by atoms with Crippen molar-refractivity contribution in [3.63, 3.8) is 0 Å². The number of carbonyl (C=O) groups is 2. The molecule has 0 atom stereocenters. The molecule has 0 saturated heterocycles. The summed E-state index contributed by atoms with van der Waals surface area (Å²) in [5.41, 5.74) is 2.10. The van der Waals surface area contributed by atoms with Crippen LogP contribution in [-0.2, 0) is 16.1 Å². The first-order chi connectivity index (χ1) is 10.4. The number of halogens is 3. The Morgan fingerprint density at radius 2 is 2.14 bits per heavy atom. The molecule has 0 aliphatic heterocycles. The fourth-order valence-corrected chi connectivity index (χ4v) is 2.50. The number of nitrogens with one attached hydrogen (secondary N) is 1. The molecule has 0 unspecified atom stereocenters. The van der Waals surface area contributed by atoms with Gasteiger partial charge in [0.15, 0.2) is 0 Å². The summed E-state index contributed by atoms with van der Waals surface area (Å²) in [4.78, 5) is 29.0. The van der Waals surface area contributed by atoms with E-state index in [4.69, 9.17) is 0 Å². The Hall–Kier alpha value is -1.87. The van der Waals surface area contributed by atoms with Crippen LogP contribution in [0.4, 0.5) is 14.5 Å². The number of hydrogen-bond acceptors (Lipinski definition) is 4. The summed E-state index contributed by atoms with van der Waals surface area (Å²) in [7, 11) is 1.43. The van der Waals surface area contributed by atoms with Crippen LogP contribution in [0.3, 0.4) is 0 Å². The smallest absolute Gasteiger partial charge is 0.313 e. The van der Waals surface area contributed by atoms with E-state index >= 15 is 0 Å². The average molecular weight is 390 g/mol. The lowest BCUT2D eigenvalue weighted by molar-refractivity contribution is -0.142. The van der Waals surface area contributed by atoms with Gasteiger partial charge in [-0.1, -0.05) is 0 Å². The molecule has 9 heteroatoms. The molecule has 0 bridgehead atoms. The third kappa shape index (κ3) is 3.86. The first-order valence-corrected chi connectivity index (χ1v) is 7.70. The summed E-state index contributed by atoms with van der Waals surface area (Å²) in [5, 5.41) is 3.93. The Labute approximate surface area is 137 Å². The molecule has 1 heterocycles. The first-order valence-electron chi connectivity index (χ1n) is 5.96. The minimum Gasteiger partial charge on any atom is -0.332 e. The van der Waals surface area contributed by atoms with Crippen molar-refractivity contribution >= 4 is 44.8 Å². The molecule has 1 aromatic carbocycles. The molecule has 2 aromatic rings. The van der Waals surface area contributed by atoms with Crippen LogP contribution in [0.2, 0.25) is 0 Å². The maximum Gasteiger partial charge on any atom is 0.313 e. The number of nitrogens with zero attached hydrogens (tertiary/aromatic N) is 2. The third-order valence-electron chi connectivity index (χ3n) is 2.66. The fraction of sp³-hybridized carbons (Fsp3) is 0.154. The molecule has 0 aliphatic rings. The van der Waals surface area contributed by atoms with Gasteiger partial charge in [-0.3, -0.25) is 9.59 Å². The highest BCUT2D eigenvalue weighted by molar-refractivity contribution is 9.10. The first kappa shape index (κ1) is 16.5. The van der Waals surface area contributed by atoms with Crippen LogP contribution in [0.25, 0.3) is 0 Å². The summed E-state index contributed by atoms with van der Waals surface area (Å²) in [6.07, 6.45) is 0. The van der Waals surface area contributed by atoms with Crippen molar-refractivity contribution in [1.82, 2.24) is 9.88 Å². The van der Waals surface area contributed by atoms with E-state index in [-0.39, 0.29) is 16.7 Å². The van der Waals surface area contributed by atoms with Crippen LogP contribution in [0, 0.1) is 11.6 Å². The average Bonchev–Trinajstić information content (AvgIpc) is 2.96. The van der Waals surface area contributed by atoms with E-state index in [0.717, 1.165) is 11.0 Å². The number of anilines is 1. The molecule has 22 heavy (non-hydrogen) atoms. The van der Waals surface area contributed by atoms with Gasteiger partial charge in [0.1, 0.15) is 11.6 Å². The SMILES string of the molecule is CN(Cc1cscn1)C(=O)C(=O)Nc1cc(F)cc(F)c1Br. The van der Waals surface area contributed by atoms with Gasteiger partial charge in [-0.25, -0.2) is 13.8 Å². The van der Waals surface area contributed by atoms with Crippen LogP contribution in [0.1, 0.15) is 5.69 Å². The highest BCUT2D eigenvalue weighted by Crippen LogP contribution is 2.26. The van der Waals surface area contributed by atoms with Gasteiger partial charge in [0, 0.05) is 18.5 Å². The van der Waals surface area contributed by atoms with Crippen LogP contribution < -0.4 is 5.32 Å². The van der Waals surface area contributed by atoms with E-state index in [1.165, 1.54) is 18.4 Å². The van der Waals surface area contributed by atoms with Crippen LogP contribution in [0.5, 0.6) is 0 Å². The Bertz CT molecular complexity index is 710. The van der Waals surface area contributed by atoms with Crippen molar-refractivity contribution < 1.29 is 18.4 Å². The third-order valence-corrected chi connectivity index (χ3v) is 4.11. The molecule has 5 nitrogen and oxygen atoms in total. The zero-order valence-corrected chi connectivity index (χ0v) is 13.7.